The van der Waals surface area contributed by atoms with Gasteiger partial charge in [-0.3, -0.25) is 5.32 Å². The molecule has 31 heavy (non-hydrogen) atoms. The highest BCUT2D eigenvalue weighted by molar-refractivity contribution is 5.87. The lowest BCUT2D eigenvalue weighted by Gasteiger charge is -2.39. The number of anilines is 2. The molecule has 3 fully saturated rings. The minimum atomic E-state index is -0.260. The van der Waals surface area contributed by atoms with E-state index in [2.05, 4.69) is 30.9 Å². The summed E-state index contributed by atoms with van der Waals surface area (Å²) in [4.78, 5) is 25.6. The summed E-state index contributed by atoms with van der Waals surface area (Å²) in [6.45, 7) is 0. The summed E-state index contributed by atoms with van der Waals surface area (Å²) in [7, 11) is 1.54. The minimum absolute atomic E-state index is 0.218. The van der Waals surface area contributed by atoms with Crippen LogP contribution in [0.15, 0.2) is 0 Å². The van der Waals surface area contributed by atoms with Crippen LogP contribution < -0.4 is 20.7 Å². The standard InChI is InChI=1S/C23H38N6O2/c1-31-23-28-20(25-19-15-9-8-14-18(19)16-10-4-2-5-11-16)26-21(29-23)27-22(30)24-17-12-6-3-7-13-17/h16-19H,2-15H2,1H3,(H3,24,25,26,27,28,29,30). The zero-order valence-electron chi connectivity index (χ0n) is 18.9. The molecule has 172 valence electrons. The normalized spacial score (nSPS) is 25.6. The van der Waals surface area contributed by atoms with Crippen molar-refractivity contribution in [2.75, 3.05) is 17.7 Å². The van der Waals surface area contributed by atoms with E-state index in [1.54, 1.807) is 0 Å². The summed E-state index contributed by atoms with van der Waals surface area (Å²) in [6.07, 6.45) is 17.4. The van der Waals surface area contributed by atoms with Gasteiger partial charge in [-0.1, -0.05) is 64.2 Å². The van der Waals surface area contributed by atoms with E-state index in [-0.39, 0.29) is 24.0 Å². The van der Waals surface area contributed by atoms with Crippen molar-refractivity contribution < 1.29 is 9.53 Å². The van der Waals surface area contributed by atoms with Crippen LogP contribution in [-0.4, -0.2) is 40.2 Å². The lowest BCUT2D eigenvalue weighted by Crippen LogP contribution is -2.39. The topological polar surface area (TPSA) is 101 Å². The van der Waals surface area contributed by atoms with E-state index < -0.39 is 0 Å². The van der Waals surface area contributed by atoms with Crippen LogP contribution in [0.4, 0.5) is 16.7 Å². The van der Waals surface area contributed by atoms with Crippen LogP contribution in [0.3, 0.4) is 0 Å². The molecular weight excluding hydrogens is 392 g/mol. The molecule has 3 N–H and O–H groups in total. The van der Waals surface area contributed by atoms with Crippen molar-refractivity contribution >= 4 is 17.9 Å². The van der Waals surface area contributed by atoms with Crippen molar-refractivity contribution in [3.63, 3.8) is 0 Å². The zero-order valence-corrected chi connectivity index (χ0v) is 18.9. The van der Waals surface area contributed by atoms with E-state index >= 15 is 0 Å². The monoisotopic (exact) mass is 430 g/mol. The Hall–Kier alpha value is -2.12. The molecule has 0 aliphatic heterocycles. The van der Waals surface area contributed by atoms with Crippen molar-refractivity contribution in [2.24, 2.45) is 11.8 Å². The number of urea groups is 1. The summed E-state index contributed by atoms with van der Waals surface area (Å²) < 4.78 is 5.29. The van der Waals surface area contributed by atoms with Gasteiger partial charge in [-0.15, -0.1) is 0 Å². The van der Waals surface area contributed by atoms with Crippen molar-refractivity contribution in [3.05, 3.63) is 0 Å². The fraction of sp³-hybridized carbons (Fsp3) is 0.826. The molecule has 3 aliphatic rings. The average Bonchev–Trinajstić information content (AvgIpc) is 2.80. The van der Waals surface area contributed by atoms with Crippen LogP contribution in [-0.2, 0) is 0 Å². The third kappa shape index (κ3) is 6.20. The average molecular weight is 431 g/mol. The highest BCUT2D eigenvalue weighted by atomic mass is 16.5. The second kappa shape index (κ2) is 11.0. The third-order valence-electron chi connectivity index (χ3n) is 7.35. The Labute approximate surface area is 185 Å². The number of methoxy groups -OCH3 is 1. The van der Waals surface area contributed by atoms with Gasteiger partial charge in [0, 0.05) is 12.1 Å². The maximum absolute atomic E-state index is 12.5. The van der Waals surface area contributed by atoms with Gasteiger partial charge in [0.25, 0.3) is 0 Å². The number of nitrogens with zero attached hydrogens (tertiary/aromatic N) is 3. The van der Waals surface area contributed by atoms with Crippen LogP contribution in [0.1, 0.15) is 89.9 Å². The maximum Gasteiger partial charge on any atom is 0.322 e. The Balaban J connectivity index is 1.41. The minimum Gasteiger partial charge on any atom is -0.467 e. The van der Waals surface area contributed by atoms with E-state index in [0.29, 0.717) is 17.9 Å². The first-order chi connectivity index (χ1) is 15.2. The van der Waals surface area contributed by atoms with Gasteiger partial charge in [-0.2, -0.15) is 15.0 Å². The van der Waals surface area contributed by atoms with Crippen LogP contribution >= 0.6 is 0 Å². The first-order valence-corrected chi connectivity index (χ1v) is 12.4. The predicted octanol–water partition coefficient (Wildman–Crippen LogP) is 4.89. The maximum atomic E-state index is 12.5. The molecule has 3 saturated carbocycles. The number of nitrogens with one attached hydrogen (secondary N) is 3. The molecule has 0 saturated heterocycles. The van der Waals surface area contributed by atoms with E-state index in [4.69, 9.17) is 4.74 Å². The predicted molar refractivity (Wildman–Crippen MR) is 121 cm³/mol. The van der Waals surface area contributed by atoms with Crippen molar-refractivity contribution in [3.8, 4) is 6.01 Å². The molecule has 8 heteroatoms. The van der Waals surface area contributed by atoms with Gasteiger partial charge < -0.3 is 15.4 Å². The Morgan fingerprint density at radius 3 is 2.19 bits per heavy atom. The molecule has 0 radical (unpaired) electrons. The Bertz CT molecular complexity index is 718. The summed E-state index contributed by atoms with van der Waals surface area (Å²) >= 11 is 0. The molecule has 1 aromatic heterocycles. The van der Waals surface area contributed by atoms with Crippen molar-refractivity contribution in [1.29, 1.82) is 0 Å². The van der Waals surface area contributed by atoms with Crippen LogP contribution in [0.25, 0.3) is 0 Å². The van der Waals surface area contributed by atoms with Gasteiger partial charge in [0.1, 0.15) is 0 Å². The van der Waals surface area contributed by atoms with Crippen molar-refractivity contribution in [1.82, 2.24) is 20.3 Å². The third-order valence-corrected chi connectivity index (χ3v) is 7.35. The van der Waals surface area contributed by atoms with E-state index in [1.807, 2.05) is 0 Å². The lowest BCUT2D eigenvalue weighted by molar-refractivity contribution is 0.180. The molecular formula is C23H38N6O2. The molecule has 0 bridgehead atoms. The molecule has 1 heterocycles. The van der Waals surface area contributed by atoms with Crippen LogP contribution in [0.5, 0.6) is 6.01 Å². The van der Waals surface area contributed by atoms with Crippen LogP contribution in [0.2, 0.25) is 0 Å². The van der Waals surface area contributed by atoms with Gasteiger partial charge in [-0.05, 0) is 37.5 Å². The largest absolute Gasteiger partial charge is 0.467 e. The number of carbonyl (C=O) groups is 1. The molecule has 2 unspecified atom stereocenters. The molecule has 1 aromatic rings. The molecule has 4 rings (SSSR count). The van der Waals surface area contributed by atoms with E-state index in [0.717, 1.165) is 25.2 Å². The molecule has 0 aromatic carbocycles. The summed E-state index contributed by atoms with van der Waals surface area (Å²) in [5, 5.41) is 9.41. The zero-order chi connectivity index (χ0) is 21.5. The number of amides is 2. The summed E-state index contributed by atoms with van der Waals surface area (Å²) in [5.74, 6) is 2.19. The second-order valence-electron chi connectivity index (χ2n) is 9.50. The lowest BCUT2D eigenvalue weighted by atomic mass is 9.71. The number of rotatable bonds is 6. The van der Waals surface area contributed by atoms with Gasteiger partial charge in [0.15, 0.2) is 0 Å². The number of aromatic nitrogens is 3. The summed E-state index contributed by atoms with van der Waals surface area (Å²) in [6, 6.07) is 0.556. The second-order valence-corrected chi connectivity index (χ2v) is 9.50. The number of hydrogen-bond donors (Lipinski definition) is 3. The Morgan fingerprint density at radius 1 is 0.806 bits per heavy atom. The number of ether oxygens (including phenoxy) is 1. The number of carbonyl (C=O) groups excluding carboxylic acids is 1. The molecule has 0 spiro atoms. The first-order valence-electron chi connectivity index (χ1n) is 12.4. The molecule has 8 nitrogen and oxygen atoms in total. The molecule has 2 atom stereocenters. The van der Waals surface area contributed by atoms with Crippen LogP contribution in [0, 0.1) is 11.8 Å². The molecule has 3 aliphatic carbocycles. The summed E-state index contributed by atoms with van der Waals surface area (Å²) in [5.41, 5.74) is 0. The molecule has 2 amide bonds. The highest BCUT2D eigenvalue weighted by Crippen LogP contribution is 2.39. The number of hydrogen-bond acceptors (Lipinski definition) is 6. The van der Waals surface area contributed by atoms with Gasteiger partial charge in [0.05, 0.1) is 7.11 Å². The SMILES string of the molecule is COc1nc(NC(=O)NC2CCCCC2)nc(NC2CCCCC2C2CCCCC2)n1. The van der Waals surface area contributed by atoms with E-state index in [9.17, 15) is 4.79 Å². The smallest absolute Gasteiger partial charge is 0.322 e. The van der Waals surface area contributed by atoms with Gasteiger partial charge in [0.2, 0.25) is 11.9 Å². The van der Waals surface area contributed by atoms with E-state index in [1.165, 1.54) is 77.7 Å². The quantitative estimate of drug-likeness (QED) is 0.594. The van der Waals surface area contributed by atoms with Crippen molar-refractivity contribution in [2.45, 2.75) is 102 Å². The van der Waals surface area contributed by atoms with Gasteiger partial charge >= 0.3 is 12.0 Å². The first kappa shape index (κ1) is 22.1. The fourth-order valence-corrected chi connectivity index (χ4v) is 5.77. The highest BCUT2D eigenvalue weighted by Gasteiger charge is 2.33. The van der Waals surface area contributed by atoms with Gasteiger partial charge in [-0.25, -0.2) is 4.79 Å². The Kier molecular flexibility index (Phi) is 7.81. The Morgan fingerprint density at radius 2 is 1.45 bits per heavy atom. The fourth-order valence-electron chi connectivity index (χ4n) is 5.77.